The highest BCUT2D eigenvalue weighted by Crippen LogP contribution is 2.28. The highest BCUT2D eigenvalue weighted by molar-refractivity contribution is 5.41. The van der Waals surface area contributed by atoms with Crippen molar-refractivity contribution in [2.75, 3.05) is 6.61 Å². The molecule has 1 unspecified atom stereocenters. The maximum Gasteiger partial charge on any atom is 0.127 e. The first kappa shape index (κ1) is 15.2. The van der Waals surface area contributed by atoms with Crippen LogP contribution in [0.2, 0.25) is 0 Å². The molecule has 1 aliphatic rings. The van der Waals surface area contributed by atoms with Crippen LogP contribution in [0.1, 0.15) is 52.0 Å². The average Bonchev–Trinajstić information content (AvgIpc) is 3.28. The third-order valence-corrected chi connectivity index (χ3v) is 3.57. The van der Waals surface area contributed by atoms with Gasteiger partial charge in [0.15, 0.2) is 0 Å². The summed E-state index contributed by atoms with van der Waals surface area (Å²) in [6.45, 7) is 8.00. The van der Waals surface area contributed by atoms with Crippen LogP contribution in [0, 0.1) is 0 Å². The number of hydrogen-bond donors (Lipinski definition) is 1. The second-order valence-electron chi connectivity index (χ2n) is 5.61. The summed E-state index contributed by atoms with van der Waals surface area (Å²) in [4.78, 5) is 0. The minimum Gasteiger partial charge on any atom is -0.493 e. The summed E-state index contributed by atoms with van der Waals surface area (Å²) in [5.74, 6) is 1.86. The van der Waals surface area contributed by atoms with Gasteiger partial charge in [0, 0.05) is 24.2 Å². The summed E-state index contributed by atoms with van der Waals surface area (Å²) in [5, 5.41) is 3.55. The molecule has 0 radical (unpaired) electrons. The Balaban J connectivity index is 2.05. The molecule has 1 aliphatic carbocycles. The molecule has 1 atom stereocenters. The normalized spacial score (nSPS) is 15.9. The Morgan fingerprint density at radius 1 is 1.30 bits per heavy atom. The van der Waals surface area contributed by atoms with Crippen molar-refractivity contribution in [3.8, 4) is 11.5 Å². The molecule has 1 fully saturated rings. The molecule has 1 aromatic rings. The Kier molecular flexibility index (Phi) is 5.72. The largest absolute Gasteiger partial charge is 0.493 e. The van der Waals surface area contributed by atoms with E-state index in [0.717, 1.165) is 37.5 Å². The Hall–Kier alpha value is -1.22. The molecule has 0 aliphatic heterocycles. The third kappa shape index (κ3) is 4.71. The van der Waals surface area contributed by atoms with Crippen LogP contribution >= 0.6 is 0 Å². The highest BCUT2D eigenvalue weighted by Gasteiger charge is 2.21. The molecule has 3 nitrogen and oxygen atoms in total. The van der Waals surface area contributed by atoms with Gasteiger partial charge in [-0.15, -0.1) is 0 Å². The van der Waals surface area contributed by atoms with E-state index in [1.165, 1.54) is 18.4 Å². The lowest BCUT2D eigenvalue weighted by Gasteiger charge is -2.18. The first-order valence-corrected chi connectivity index (χ1v) is 7.88. The van der Waals surface area contributed by atoms with Gasteiger partial charge in [0.2, 0.25) is 0 Å². The van der Waals surface area contributed by atoms with Crippen molar-refractivity contribution in [1.29, 1.82) is 0 Å². The van der Waals surface area contributed by atoms with Gasteiger partial charge in [-0.25, -0.2) is 0 Å². The fraction of sp³-hybridized carbons (Fsp3) is 0.647. The van der Waals surface area contributed by atoms with Gasteiger partial charge in [-0.05, 0) is 38.7 Å². The Labute approximate surface area is 122 Å². The molecule has 0 spiro atoms. The van der Waals surface area contributed by atoms with Crippen LogP contribution in [0.4, 0.5) is 0 Å². The van der Waals surface area contributed by atoms with Gasteiger partial charge in [0.25, 0.3) is 0 Å². The van der Waals surface area contributed by atoms with Crippen LogP contribution in [0.3, 0.4) is 0 Å². The van der Waals surface area contributed by atoms with Gasteiger partial charge >= 0.3 is 0 Å². The Morgan fingerprint density at radius 3 is 2.75 bits per heavy atom. The van der Waals surface area contributed by atoms with Crippen molar-refractivity contribution >= 4 is 0 Å². The van der Waals surface area contributed by atoms with E-state index in [1.807, 2.05) is 12.1 Å². The van der Waals surface area contributed by atoms with Gasteiger partial charge in [-0.1, -0.05) is 19.9 Å². The second kappa shape index (κ2) is 7.53. The molecule has 1 aromatic carbocycles. The topological polar surface area (TPSA) is 30.5 Å². The molecule has 20 heavy (non-hydrogen) atoms. The highest BCUT2D eigenvalue weighted by atomic mass is 16.5. The maximum absolute atomic E-state index is 6.05. The van der Waals surface area contributed by atoms with Crippen molar-refractivity contribution in [3.05, 3.63) is 23.8 Å². The van der Waals surface area contributed by atoms with E-state index in [1.54, 1.807) is 0 Å². The number of benzene rings is 1. The van der Waals surface area contributed by atoms with Crippen LogP contribution in [0.25, 0.3) is 0 Å². The van der Waals surface area contributed by atoms with Crippen LogP contribution in [-0.4, -0.2) is 18.8 Å². The fourth-order valence-electron chi connectivity index (χ4n) is 1.94. The molecule has 0 aromatic heterocycles. The molecule has 0 heterocycles. The van der Waals surface area contributed by atoms with E-state index < -0.39 is 0 Å². The van der Waals surface area contributed by atoms with Gasteiger partial charge in [0.1, 0.15) is 11.5 Å². The molecule has 0 bridgehead atoms. The van der Waals surface area contributed by atoms with Gasteiger partial charge in [-0.3, -0.25) is 0 Å². The monoisotopic (exact) mass is 277 g/mol. The number of hydrogen-bond acceptors (Lipinski definition) is 3. The lowest BCUT2D eigenvalue weighted by Crippen LogP contribution is -2.18. The quantitative estimate of drug-likeness (QED) is 0.742. The predicted molar refractivity (Wildman–Crippen MR) is 82.5 cm³/mol. The molecule has 1 N–H and O–H groups in total. The summed E-state index contributed by atoms with van der Waals surface area (Å²) in [6.07, 6.45) is 4.87. The summed E-state index contributed by atoms with van der Waals surface area (Å²) in [5.41, 5.74) is 1.22. The number of rotatable bonds is 9. The maximum atomic E-state index is 6.05. The van der Waals surface area contributed by atoms with Crippen LogP contribution in [0.5, 0.6) is 11.5 Å². The molecular weight excluding hydrogens is 250 g/mol. The van der Waals surface area contributed by atoms with Crippen LogP contribution < -0.4 is 14.8 Å². The van der Waals surface area contributed by atoms with Crippen molar-refractivity contribution in [2.24, 2.45) is 0 Å². The van der Waals surface area contributed by atoms with Crippen molar-refractivity contribution < 1.29 is 9.47 Å². The zero-order valence-electron chi connectivity index (χ0n) is 12.9. The minimum atomic E-state index is 0.233. The Morgan fingerprint density at radius 2 is 2.10 bits per heavy atom. The standard InChI is InChI=1S/C17H27NO2/c1-4-10-19-16-9-6-14(12-18-15-7-8-15)17(11-16)20-13(3)5-2/h6,9,11,13,15,18H,4-5,7-8,10,12H2,1-3H3. The first-order valence-electron chi connectivity index (χ1n) is 7.88. The van der Waals surface area contributed by atoms with Gasteiger partial charge < -0.3 is 14.8 Å². The molecule has 3 heteroatoms. The molecule has 1 saturated carbocycles. The SMILES string of the molecule is CCCOc1ccc(CNC2CC2)c(OC(C)CC)c1. The molecule has 2 rings (SSSR count). The van der Waals surface area contributed by atoms with Gasteiger partial charge in [0.05, 0.1) is 12.7 Å². The second-order valence-corrected chi connectivity index (χ2v) is 5.61. The van der Waals surface area contributed by atoms with Crippen LogP contribution in [0.15, 0.2) is 18.2 Å². The van der Waals surface area contributed by atoms with Crippen molar-refractivity contribution in [3.63, 3.8) is 0 Å². The van der Waals surface area contributed by atoms with E-state index >= 15 is 0 Å². The molecular formula is C17H27NO2. The number of ether oxygens (including phenoxy) is 2. The zero-order chi connectivity index (χ0) is 14.4. The van der Waals surface area contributed by atoms with E-state index in [0.29, 0.717) is 6.04 Å². The van der Waals surface area contributed by atoms with Crippen LogP contribution in [-0.2, 0) is 6.54 Å². The lowest BCUT2D eigenvalue weighted by atomic mass is 10.1. The predicted octanol–water partition coefficient (Wildman–Crippen LogP) is 3.90. The summed E-state index contributed by atoms with van der Waals surface area (Å²) >= 11 is 0. The third-order valence-electron chi connectivity index (χ3n) is 3.57. The molecule has 0 saturated heterocycles. The summed E-state index contributed by atoms with van der Waals surface area (Å²) < 4.78 is 11.8. The lowest BCUT2D eigenvalue weighted by molar-refractivity contribution is 0.213. The van der Waals surface area contributed by atoms with E-state index in [4.69, 9.17) is 9.47 Å². The van der Waals surface area contributed by atoms with Crippen molar-refractivity contribution in [1.82, 2.24) is 5.32 Å². The summed E-state index contributed by atoms with van der Waals surface area (Å²) in [6, 6.07) is 6.91. The first-order chi connectivity index (χ1) is 9.72. The van der Waals surface area contributed by atoms with Gasteiger partial charge in [-0.2, -0.15) is 0 Å². The Bertz CT molecular complexity index is 415. The fourth-order valence-corrected chi connectivity index (χ4v) is 1.94. The molecule has 0 amide bonds. The van der Waals surface area contributed by atoms with E-state index in [9.17, 15) is 0 Å². The van der Waals surface area contributed by atoms with E-state index in [-0.39, 0.29) is 6.10 Å². The van der Waals surface area contributed by atoms with E-state index in [2.05, 4.69) is 32.2 Å². The van der Waals surface area contributed by atoms with Crippen molar-refractivity contribution in [2.45, 2.75) is 65.1 Å². The average molecular weight is 277 g/mol. The zero-order valence-corrected chi connectivity index (χ0v) is 12.9. The minimum absolute atomic E-state index is 0.233. The molecule has 112 valence electrons. The smallest absolute Gasteiger partial charge is 0.127 e. The number of nitrogens with one attached hydrogen (secondary N) is 1. The summed E-state index contributed by atoms with van der Waals surface area (Å²) in [7, 11) is 0.